The fourth-order valence-corrected chi connectivity index (χ4v) is 6.13. The number of carbonyl (C=O) groups is 1. The summed E-state index contributed by atoms with van der Waals surface area (Å²) in [7, 11) is 0.634. The van der Waals surface area contributed by atoms with Crippen molar-refractivity contribution in [1.29, 1.82) is 0 Å². The van der Waals surface area contributed by atoms with Gasteiger partial charge in [-0.25, -0.2) is 8.42 Å². The van der Waals surface area contributed by atoms with E-state index in [1.165, 1.54) is 31.7 Å². The van der Waals surface area contributed by atoms with E-state index in [2.05, 4.69) is 24.3 Å². The Labute approximate surface area is 175 Å². The van der Waals surface area contributed by atoms with Gasteiger partial charge >= 0.3 is 0 Å². The van der Waals surface area contributed by atoms with Crippen LogP contribution in [-0.4, -0.2) is 62.8 Å². The molecular formula is C22H35N3O3S. The lowest BCUT2D eigenvalue weighted by molar-refractivity contribution is 0.0869. The van der Waals surface area contributed by atoms with Crippen molar-refractivity contribution in [1.82, 2.24) is 14.5 Å². The van der Waals surface area contributed by atoms with E-state index in [0.29, 0.717) is 25.2 Å². The van der Waals surface area contributed by atoms with Gasteiger partial charge in [-0.2, -0.15) is 4.31 Å². The number of nitrogens with one attached hydrogen (secondary N) is 1. The predicted molar refractivity (Wildman–Crippen MR) is 116 cm³/mol. The summed E-state index contributed by atoms with van der Waals surface area (Å²) in [6.07, 6.45) is 9.86. The van der Waals surface area contributed by atoms with Gasteiger partial charge < -0.3 is 10.2 Å². The fourth-order valence-electron chi connectivity index (χ4n) is 4.57. The van der Waals surface area contributed by atoms with E-state index in [0.717, 1.165) is 32.1 Å². The van der Waals surface area contributed by atoms with Gasteiger partial charge in [0.2, 0.25) is 10.0 Å². The maximum Gasteiger partial charge on any atom is 0.251 e. The SMILES string of the molecule is CN(C)C1(CNC(=O)c2cccc(S(=O)(=O)N3CCCCC3)c2)CCCCCC1. The van der Waals surface area contributed by atoms with E-state index < -0.39 is 10.0 Å². The molecule has 0 bridgehead atoms. The zero-order chi connectivity index (χ0) is 20.9. The summed E-state index contributed by atoms with van der Waals surface area (Å²) in [6, 6.07) is 6.47. The third-order valence-corrected chi connectivity index (χ3v) is 8.50. The summed E-state index contributed by atoms with van der Waals surface area (Å²) in [6.45, 7) is 1.70. The molecule has 3 rings (SSSR count). The average Bonchev–Trinajstić information content (AvgIpc) is 2.99. The summed E-state index contributed by atoms with van der Waals surface area (Å²) in [5, 5.41) is 3.09. The summed E-state index contributed by atoms with van der Waals surface area (Å²) in [5.74, 6) is -0.203. The molecule has 1 N–H and O–H groups in total. The van der Waals surface area contributed by atoms with Crippen LogP contribution in [-0.2, 0) is 10.0 Å². The third kappa shape index (κ3) is 5.19. The first-order chi connectivity index (χ1) is 13.8. The Bertz CT molecular complexity index is 793. The number of likely N-dealkylation sites (N-methyl/N-ethyl adjacent to an activating group) is 1. The van der Waals surface area contributed by atoms with Crippen LogP contribution in [0.3, 0.4) is 0 Å². The summed E-state index contributed by atoms with van der Waals surface area (Å²) < 4.78 is 27.4. The van der Waals surface area contributed by atoms with E-state index in [-0.39, 0.29) is 16.3 Å². The van der Waals surface area contributed by atoms with Gasteiger partial charge in [-0.05, 0) is 58.0 Å². The van der Waals surface area contributed by atoms with Crippen LogP contribution in [0.1, 0.15) is 68.1 Å². The minimum absolute atomic E-state index is 0.0242. The molecule has 1 aliphatic carbocycles. The van der Waals surface area contributed by atoms with Crippen molar-refractivity contribution in [2.45, 2.75) is 68.2 Å². The molecule has 0 atom stereocenters. The highest BCUT2D eigenvalue weighted by Gasteiger charge is 2.33. The van der Waals surface area contributed by atoms with E-state index in [1.807, 2.05) is 0 Å². The molecule has 162 valence electrons. The van der Waals surface area contributed by atoms with Crippen molar-refractivity contribution >= 4 is 15.9 Å². The number of hydrogen-bond donors (Lipinski definition) is 1. The second-order valence-electron chi connectivity index (χ2n) is 8.71. The van der Waals surface area contributed by atoms with Gasteiger partial charge in [-0.1, -0.05) is 38.2 Å². The van der Waals surface area contributed by atoms with Gasteiger partial charge in [-0.15, -0.1) is 0 Å². The quantitative estimate of drug-likeness (QED) is 0.716. The molecule has 1 aliphatic heterocycles. The summed E-state index contributed by atoms with van der Waals surface area (Å²) in [4.78, 5) is 15.3. The number of rotatable bonds is 6. The van der Waals surface area contributed by atoms with Crippen molar-refractivity contribution in [3.8, 4) is 0 Å². The van der Waals surface area contributed by atoms with Crippen LogP contribution in [0.4, 0.5) is 0 Å². The summed E-state index contributed by atoms with van der Waals surface area (Å²) in [5.41, 5.74) is 0.384. The van der Waals surface area contributed by atoms with E-state index in [4.69, 9.17) is 0 Å². The third-order valence-electron chi connectivity index (χ3n) is 6.61. The molecule has 0 aromatic heterocycles. The topological polar surface area (TPSA) is 69.7 Å². The molecule has 29 heavy (non-hydrogen) atoms. The Morgan fingerprint density at radius 2 is 1.66 bits per heavy atom. The first kappa shape index (κ1) is 22.2. The highest BCUT2D eigenvalue weighted by molar-refractivity contribution is 7.89. The van der Waals surface area contributed by atoms with Gasteiger partial charge in [0, 0.05) is 30.7 Å². The fraction of sp³-hybridized carbons (Fsp3) is 0.682. The van der Waals surface area contributed by atoms with Crippen molar-refractivity contribution in [3.63, 3.8) is 0 Å². The highest BCUT2D eigenvalue weighted by atomic mass is 32.2. The van der Waals surface area contributed by atoms with Gasteiger partial charge in [-0.3, -0.25) is 4.79 Å². The van der Waals surface area contributed by atoms with Crippen LogP contribution in [0.2, 0.25) is 0 Å². The largest absolute Gasteiger partial charge is 0.350 e. The standard InChI is InChI=1S/C22H35N3O3S/c1-24(2)22(13-6-3-4-7-14-22)18-23-21(26)19-11-10-12-20(17-19)29(27,28)25-15-8-5-9-16-25/h10-12,17H,3-9,13-16,18H2,1-2H3,(H,23,26). The van der Waals surface area contributed by atoms with Crippen LogP contribution in [0.25, 0.3) is 0 Å². The van der Waals surface area contributed by atoms with E-state index in [1.54, 1.807) is 22.5 Å². The molecule has 1 amide bonds. The van der Waals surface area contributed by atoms with Crippen LogP contribution < -0.4 is 5.32 Å². The molecular weight excluding hydrogens is 386 g/mol. The Morgan fingerprint density at radius 3 is 2.28 bits per heavy atom. The van der Waals surface area contributed by atoms with Crippen molar-refractivity contribution in [2.24, 2.45) is 0 Å². The van der Waals surface area contributed by atoms with Gasteiger partial charge in [0.15, 0.2) is 0 Å². The Hall–Kier alpha value is -1.44. The van der Waals surface area contributed by atoms with Crippen molar-refractivity contribution in [3.05, 3.63) is 29.8 Å². The smallest absolute Gasteiger partial charge is 0.251 e. The molecule has 0 radical (unpaired) electrons. The second kappa shape index (κ2) is 9.58. The normalized spacial score (nSPS) is 20.9. The molecule has 1 saturated carbocycles. The highest BCUT2D eigenvalue weighted by Crippen LogP contribution is 2.30. The lowest BCUT2D eigenvalue weighted by Gasteiger charge is -2.39. The van der Waals surface area contributed by atoms with E-state index >= 15 is 0 Å². The lowest BCUT2D eigenvalue weighted by atomic mass is 9.88. The molecule has 1 aromatic rings. The monoisotopic (exact) mass is 421 g/mol. The second-order valence-corrected chi connectivity index (χ2v) is 10.6. The molecule has 1 saturated heterocycles. The van der Waals surface area contributed by atoms with Crippen LogP contribution in [0, 0.1) is 0 Å². The first-order valence-electron chi connectivity index (χ1n) is 10.9. The molecule has 1 heterocycles. The zero-order valence-corrected chi connectivity index (χ0v) is 18.6. The molecule has 1 aromatic carbocycles. The van der Waals surface area contributed by atoms with Crippen LogP contribution in [0.15, 0.2) is 29.2 Å². The number of carbonyl (C=O) groups excluding carboxylic acids is 1. The Kier molecular flexibility index (Phi) is 7.35. The predicted octanol–water partition coefficient (Wildman–Crippen LogP) is 3.25. The maximum absolute atomic E-state index is 12.9. The number of hydrogen-bond acceptors (Lipinski definition) is 4. The lowest BCUT2D eigenvalue weighted by Crippen LogP contribution is -2.52. The number of piperidine rings is 1. The average molecular weight is 422 g/mol. The van der Waals surface area contributed by atoms with Crippen molar-refractivity contribution in [2.75, 3.05) is 33.7 Å². The first-order valence-corrected chi connectivity index (χ1v) is 12.4. The maximum atomic E-state index is 12.9. The van der Waals surface area contributed by atoms with Crippen molar-refractivity contribution < 1.29 is 13.2 Å². The molecule has 0 spiro atoms. The Morgan fingerprint density at radius 1 is 1.03 bits per heavy atom. The molecule has 7 heteroatoms. The zero-order valence-electron chi connectivity index (χ0n) is 17.8. The van der Waals surface area contributed by atoms with Gasteiger partial charge in [0.25, 0.3) is 5.91 Å². The van der Waals surface area contributed by atoms with Gasteiger partial charge in [0.1, 0.15) is 0 Å². The van der Waals surface area contributed by atoms with Crippen LogP contribution >= 0.6 is 0 Å². The minimum Gasteiger partial charge on any atom is -0.350 e. The minimum atomic E-state index is -3.54. The molecule has 2 fully saturated rings. The Balaban J connectivity index is 1.72. The number of nitrogens with zero attached hydrogens (tertiary/aromatic N) is 2. The molecule has 0 unspecified atom stereocenters. The van der Waals surface area contributed by atoms with Gasteiger partial charge in [0.05, 0.1) is 4.90 Å². The number of benzene rings is 1. The number of sulfonamides is 1. The number of amides is 1. The molecule has 6 nitrogen and oxygen atoms in total. The molecule has 2 aliphatic rings. The summed E-state index contributed by atoms with van der Waals surface area (Å²) >= 11 is 0. The van der Waals surface area contributed by atoms with E-state index in [9.17, 15) is 13.2 Å². The van der Waals surface area contributed by atoms with Crippen LogP contribution in [0.5, 0.6) is 0 Å².